The normalized spacial score (nSPS) is 11.6. The van der Waals surface area contributed by atoms with Crippen LogP contribution < -0.4 is 10.6 Å². The highest BCUT2D eigenvalue weighted by Gasteiger charge is 2.15. The molecule has 1 heterocycles. The first kappa shape index (κ1) is 25.6. The zero-order valence-corrected chi connectivity index (χ0v) is 20.9. The van der Waals surface area contributed by atoms with E-state index in [0.717, 1.165) is 11.1 Å². The molecule has 2 aromatic carbocycles. The fourth-order valence-electron chi connectivity index (χ4n) is 3.42. The number of carbonyl (C=O) groups is 2. The molecule has 0 spiro atoms. The molecule has 0 saturated heterocycles. The van der Waals surface area contributed by atoms with Crippen molar-refractivity contribution >= 4 is 35.1 Å². The van der Waals surface area contributed by atoms with Crippen molar-refractivity contribution in [1.29, 1.82) is 0 Å². The molecule has 2 amide bonds. The molecule has 0 bridgehead atoms. The molecule has 2 N–H and O–H groups in total. The Balaban J connectivity index is 1.68. The summed E-state index contributed by atoms with van der Waals surface area (Å²) in [7, 11) is 1.78. The van der Waals surface area contributed by atoms with Crippen LogP contribution in [0.25, 0.3) is 11.3 Å². The average molecular weight is 485 g/mol. The predicted octanol–water partition coefficient (Wildman–Crippen LogP) is 5.54. The fraction of sp³-hybridized carbons (Fsp3) is 0.179. The van der Waals surface area contributed by atoms with Crippen LogP contribution in [0.4, 0.5) is 11.5 Å². The Kier molecular flexibility index (Phi) is 9.10. The van der Waals surface area contributed by atoms with E-state index < -0.39 is 0 Å². The molecule has 0 saturated carbocycles. The molecule has 1 aromatic heterocycles. The van der Waals surface area contributed by atoms with Crippen molar-refractivity contribution in [2.24, 2.45) is 7.05 Å². The maximum Gasteiger partial charge on any atom is 0.256 e. The van der Waals surface area contributed by atoms with E-state index in [0.29, 0.717) is 39.8 Å². The predicted molar refractivity (Wildman–Crippen MR) is 145 cm³/mol. The summed E-state index contributed by atoms with van der Waals surface area (Å²) < 4.78 is 1.63. The Morgan fingerprint density at radius 3 is 2.40 bits per heavy atom. The number of aryl methyl sites for hydroxylation is 1. The molecule has 0 aliphatic rings. The smallest absolute Gasteiger partial charge is 0.256 e. The van der Waals surface area contributed by atoms with Crippen LogP contribution in [-0.2, 0) is 11.8 Å². The highest BCUT2D eigenvalue weighted by Crippen LogP contribution is 2.24. The number of nitrogens with zero attached hydrogens (tertiary/aromatic N) is 2. The van der Waals surface area contributed by atoms with Crippen molar-refractivity contribution in [3.63, 3.8) is 0 Å². The van der Waals surface area contributed by atoms with E-state index in [-0.39, 0.29) is 11.8 Å². The van der Waals surface area contributed by atoms with Gasteiger partial charge in [0.05, 0.1) is 11.4 Å². The van der Waals surface area contributed by atoms with Crippen molar-refractivity contribution in [3.05, 3.63) is 89.5 Å². The van der Waals surface area contributed by atoms with E-state index in [1.807, 2.05) is 74.5 Å². The molecule has 3 aromatic rings. The number of aromatic nitrogens is 2. The first-order chi connectivity index (χ1) is 17.0. The number of carbonyl (C=O) groups excluding carboxylic acids is 2. The Hall–Kier alpha value is -4.02. The summed E-state index contributed by atoms with van der Waals surface area (Å²) in [6.45, 7) is 3.77. The summed E-state index contributed by atoms with van der Waals surface area (Å²) in [5, 5.41) is 10.4. The maximum atomic E-state index is 12.9. The van der Waals surface area contributed by atoms with Gasteiger partial charge in [-0.3, -0.25) is 14.3 Å². The maximum absolute atomic E-state index is 12.9. The van der Waals surface area contributed by atoms with Gasteiger partial charge in [-0.2, -0.15) is 5.10 Å². The summed E-state index contributed by atoms with van der Waals surface area (Å²) in [4.78, 5) is 25.3. The molecule has 0 atom stereocenters. The number of rotatable bonds is 9. The van der Waals surface area contributed by atoms with Gasteiger partial charge < -0.3 is 10.6 Å². The zero-order valence-electron chi connectivity index (χ0n) is 20.0. The van der Waals surface area contributed by atoms with Gasteiger partial charge in [-0.15, -0.1) is 18.2 Å². The molecule has 6 nitrogen and oxygen atoms in total. The van der Waals surface area contributed by atoms with Crippen LogP contribution in [0.15, 0.2) is 84.0 Å². The van der Waals surface area contributed by atoms with E-state index in [2.05, 4.69) is 21.7 Å². The van der Waals surface area contributed by atoms with Crippen LogP contribution in [0.2, 0.25) is 0 Å². The van der Waals surface area contributed by atoms with E-state index in [1.54, 1.807) is 35.6 Å². The van der Waals surface area contributed by atoms with Crippen molar-refractivity contribution in [2.75, 3.05) is 22.1 Å². The Labute approximate surface area is 210 Å². The second-order valence-electron chi connectivity index (χ2n) is 7.60. The van der Waals surface area contributed by atoms with Gasteiger partial charge in [-0.05, 0) is 43.7 Å². The van der Waals surface area contributed by atoms with Gasteiger partial charge >= 0.3 is 0 Å². The van der Waals surface area contributed by atoms with Gasteiger partial charge in [0.15, 0.2) is 0 Å². The number of hydrogen-bond acceptors (Lipinski definition) is 4. The van der Waals surface area contributed by atoms with Crippen LogP contribution >= 0.6 is 11.8 Å². The lowest BCUT2D eigenvalue weighted by molar-refractivity contribution is -0.112. The number of allylic oxidation sites excluding steroid dienone is 2. The third kappa shape index (κ3) is 6.75. The van der Waals surface area contributed by atoms with Gasteiger partial charge in [0.25, 0.3) is 11.8 Å². The summed E-state index contributed by atoms with van der Waals surface area (Å²) in [5.74, 6) is 4.10. The molecular formula is C28H28N4O2S. The lowest BCUT2D eigenvalue weighted by Crippen LogP contribution is -2.16. The number of thioether (sulfide) groups is 1. The van der Waals surface area contributed by atoms with Gasteiger partial charge in [-0.1, -0.05) is 48.4 Å². The molecular weight excluding hydrogens is 456 g/mol. The second kappa shape index (κ2) is 12.4. The van der Waals surface area contributed by atoms with Crippen LogP contribution in [-0.4, -0.2) is 33.1 Å². The molecule has 0 unspecified atom stereocenters. The molecule has 3 rings (SSSR count). The number of nitrogens with one attached hydrogen (secondary N) is 2. The van der Waals surface area contributed by atoms with E-state index in [4.69, 9.17) is 6.42 Å². The summed E-state index contributed by atoms with van der Waals surface area (Å²) in [5.41, 5.74) is 4.41. The molecule has 0 radical (unpaired) electrons. The third-order valence-corrected chi connectivity index (χ3v) is 6.15. The van der Waals surface area contributed by atoms with Gasteiger partial charge in [0.2, 0.25) is 0 Å². The minimum absolute atomic E-state index is 0.168. The Morgan fingerprint density at radius 1 is 1.06 bits per heavy atom. The molecule has 35 heavy (non-hydrogen) atoms. The number of amides is 2. The third-order valence-electron chi connectivity index (χ3n) is 5.27. The van der Waals surface area contributed by atoms with E-state index in [9.17, 15) is 9.59 Å². The Bertz CT molecular complexity index is 1280. The minimum Gasteiger partial charge on any atom is -0.322 e. The monoisotopic (exact) mass is 484 g/mol. The molecule has 0 aliphatic carbocycles. The first-order valence-corrected chi connectivity index (χ1v) is 12.3. The summed E-state index contributed by atoms with van der Waals surface area (Å²) >= 11 is 1.60. The highest BCUT2D eigenvalue weighted by atomic mass is 32.2. The lowest BCUT2D eigenvalue weighted by atomic mass is 10.1. The van der Waals surface area contributed by atoms with Crippen molar-refractivity contribution in [1.82, 2.24) is 9.78 Å². The highest BCUT2D eigenvalue weighted by molar-refractivity contribution is 7.99. The molecule has 0 aliphatic heterocycles. The van der Waals surface area contributed by atoms with Gasteiger partial charge in [0.1, 0.15) is 5.82 Å². The summed E-state index contributed by atoms with van der Waals surface area (Å²) in [6.07, 6.45) is 9.08. The molecule has 7 heteroatoms. The largest absolute Gasteiger partial charge is 0.322 e. The fourth-order valence-corrected chi connectivity index (χ4v) is 4.19. The zero-order chi connectivity index (χ0) is 25.2. The summed E-state index contributed by atoms with van der Waals surface area (Å²) in [6, 6.07) is 18.3. The van der Waals surface area contributed by atoms with Crippen LogP contribution in [0.1, 0.15) is 24.2 Å². The van der Waals surface area contributed by atoms with Crippen molar-refractivity contribution in [3.8, 4) is 23.6 Å². The van der Waals surface area contributed by atoms with Crippen LogP contribution in [0, 0.1) is 12.3 Å². The number of hydrogen-bond donors (Lipinski definition) is 2. The van der Waals surface area contributed by atoms with Crippen LogP contribution in [0.3, 0.4) is 0 Å². The standard InChI is InChI=1S/C28H28N4O2S/c1-5-17-35-19-20(6-2)24(7-3)28(34)29-23-15-13-21(14-16-23)25-18-26(32(4)31-25)30-27(33)22-11-9-8-10-12-22/h1,6-16,18H,17,19H2,2-4H3,(H,29,34)(H,30,33)/b20-6-,24-7+. The van der Waals surface area contributed by atoms with E-state index >= 15 is 0 Å². The average Bonchev–Trinajstić information content (AvgIpc) is 3.24. The number of terminal acetylenes is 1. The molecule has 178 valence electrons. The number of benzene rings is 2. The number of anilines is 2. The SMILES string of the molecule is C#CCSCC(=C/C)/C(=C\C)C(=O)Nc1ccc(-c2cc(NC(=O)c3ccccc3)n(C)n2)cc1. The minimum atomic E-state index is -0.198. The lowest BCUT2D eigenvalue weighted by Gasteiger charge is -2.12. The first-order valence-electron chi connectivity index (χ1n) is 11.1. The molecule has 0 fully saturated rings. The van der Waals surface area contributed by atoms with Gasteiger partial charge in [-0.25, -0.2) is 0 Å². The topological polar surface area (TPSA) is 76.0 Å². The van der Waals surface area contributed by atoms with Crippen molar-refractivity contribution < 1.29 is 9.59 Å². The van der Waals surface area contributed by atoms with E-state index in [1.165, 1.54) is 0 Å². The second-order valence-corrected chi connectivity index (χ2v) is 8.59. The Morgan fingerprint density at radius 2 is 1.77 bits per heavy atom. The van der Waals surface area contributed by atoms with Gasteiger partial charge in [0, 0.05) is 41.3 Å². The van der Waals surface area contributed by atoms with Crippen molar-refractivity contribution in [2.45, 2.75) is 13.8 Å². The van der Waals surface area contributed by atoms with Crippen LogP contribution in [0.5, 0.6) is 0 Å². The quantitative estimate of drug-likeness (QED) is 0.181.